The number of fused-ring (bicyclic) bond motifs is 1. The van der Waals surface area contributed by atoms with Gasteiger partial charge in [-0.05, 0) is 52.7 Å². The monoisotopic (exact) mass is 505 g/mol. The number of carbonyl (C=O) groups excluding carboxylic acids is 2. The van der Waals surface area contributed by atoms with Crippen LogP contribution >= 0.6 is 0 Å². The highest BCUT2D eigenvalue weighted by molar-refractivity contribution is 7.89. The second-order valence-electron chi connectivity index (χ2n) is 8.60. The maximum Gasteiger partial charge on any atom is 0.341 e. The molecule has 0 radical (unpaired) electrons. The van der Waals surface area contributed by atoms with E-state index in [1.165, 1.54) is 4.31 Å². The van der Waals surface area contributed by atoms with E-state index in [4.69, 9.17) is 14.2 Å². The number of anilines is 1. The number of esters is 1. The number of ether oxygens (including phenoxy) is 3. The van der Waals surface area contributed by atoms with Crippen LogP contribution in [0.4, 0.5) is 5.69 Å². The lowest BCUT2D eigenvalue weighted by molar-refractivity contribution is -0.120. The first-order valence-corrected chi connectivity index (χ1v) is 13.2. The number of rotatable bonds is 7. The number of piperidine rings is 1. The fraction of sp³-hybridized carbons (Fsp3) is 0.500. The van der Waals surface area contributed by atoms with E-state index >= 15 is 0 Å². The lowest BCUT2D eigenvalue weighted by atomic mass is 9.98. The summed E-state index contributed by atoms with van der Waals surface area (Å²) in [6.07, 6.45) is 1.08. The van der Waals surface area contributed by atoms with E-state index in [-0.39, 0.29) is 42.9 Å². The van der Waals surface area contributed by atoms with Gasteiger partial charge in [0.05, 0.1) is 12.5 Å². The molecule has 0 unspecified atom stereocenters. The van der Waals surface area contributed by atoms with Gasteiger partial charge in [-0.2, -0.15) is 4.31 Å². The van der Waals surface area contributed by atoms with Crippen LogP contribution in [-0.4, -0.2) is 55.7 Å². The Morgan fingerprint density at radius 3 is 2.60 bits per heavy atom. The summed E-state index contributed by atoms with van der Waals surface area (Å²) < 4.78 is 46.6. The number of sulfonamides is 1. The van der Waals surface area contributed by atoms with E-state index in [0.717, 1.165) is 0 Å². The standard InChI is InChI=1S/C24H31N3O7S/c1-5-27-15(3)21(24(29)32-6-2)22(16(27)4)35(30,31)26-11-7-8-17(13-26)23(28)25-18-9-10-19-20(12-18)34-14-33-19/h9-10,12,17H,5-8,11,13-14H2,1-4H3,(H,25,28)/t17-/m0/s1. The van der Waals surface area contributed by atoms with Crippen LogP contribution in [0.2, 0.25) is 0 Å². The van der Waals surface area contributed by atoms with Crippen molar-refractivity contribution in [3.63, 3.8) is 0 Å². The van der Waals surface area contributed by atoms with Gasteiger partial charge in [0.2, 0.25) is 22.7 Å². The summed E-state index contributed by atoms with van der Waals surface area (Å²) in [5.74, 6) is -0.306. The lowest BCUT2D eigenvalue weighted by Crippen LogP contribution is -2.44. The predicted molar refractivity (Wildman–Crippen MR) is 128 cm³/mol. The van der Waals surface area contributed by atoms with Crippen LogP contribution in [0.25, 0.3) is 0 Å². The topological polar surface area (TPSA) is 116 Å². The third-order valence-corrected chi connectivity index (χ3v) is 8.54. The molecular weight excluding hydrogens is 474 g/mol. The van der Waals surface area contributed by atoms with Gasteiger partial charge >= 0.3 is 5.97 Å². The normalized spacial score (nSPS) is 17.9. The fourth-order valence-corrected chi connectivity index (χ4v) is 6.79. The van der Waals surface area contributed by atoms with E-state index in [1.54, 1.807) is 43.5 Å². The second-order valence-corrected chi connectivity index (χ2v) is 10.5. The van der Waals surface area contributed by atoms with Crippen molar-refractivity contribution in [1.82, 2.24) is 8.87 Å². The smallest absolute Gasteiger partial charge is 0.341 e. The maximum atomic E-state index is 13.8. The number of nitrogens with zero attached hydrogens (tertiary/aromatic N) is 2. The average molecular weight is 506 g/mol. The molecule has 0 aliphatic carbocycles. The molecule has 1 fully saturated rings. The molecule has 1 aromatic carbocycles. The minimum absolute atomic E-state index is 0.0246. The van der Waals surface area contributed by atoms with Crippen molar-refractivity contribution in [1.29, 1.82) is 0 Å². The molecule has 2 aliphatic rings. The number of hydrogen-bond donors (Lipinski definition) is 1. The quantitative estimate of drug-likeness (QED) is 0.575. The summed E-state index contributed by atoms with van der Waals surface area (Å²) >= 11 is 0. The molecule has 2 aliphatic heterocycles. The number of benzene rings is 1. The van der Waals surface area contributed by atoms with Gasteiger partial charge in [-0.3, -0.25) is 4.79 Å². The van der Waals surface area contributed by atoms with Crippen LogP contribution in [0.3, 0.4) is 0 Å². The third-order valence-electron chi connectivity index (χ3n) is 6.52. The van der Waals surface area contributed by atoms with E-state index in [9.17, 15) is 18.0 Å². The summed E-state index contributed by atoms with van der Waals surface area (Å²) in [4.78, 5) is 25.7. The number of amides is 1. The van der Waals surface area contributed by atoms with Gasteiger partial charge in [-0.25, -0.2) is 13.2 Å². The Hall–Kier alpha value is -3.05. The first-order valence-electron chi connectivity index (χ1n) is 11.8. The number of carbonyl (C=O) groups is 2. The van der Waals surface area contributed by atoms with Gasteiger partial charge in [-0.1, -0.05) is 0 Å². The molecule has 4 rings (SSSR count). The highest BCUT2D eigenvalue weighted by Crippen LogP contribution is 2.35. The van der Waals surface area contributed by atoms with E-state index in [0.29, 0.717) is 48.0 Å². The van der Waals surface area contributed by atoms with Crippen LogP contribution in [0.1, 0.15) is 48.4 Å². The summed E-state index contributed by atoms with van der Waals surface area (Å²) in [6.45, 7) is 8.07. The van der Waals surface area contributed by atoms with E-state index in [2.05, 4.69) is 5.32 Å². The zero-order valence-corrected chi connectivity index (χ0v) is 21.2. The van der Waals surface area contributed by atoms with Crippen molar-refractivity contribution in [2.45, 2.75) is 52.0 Å². The summed E-state index contributed by atoms with van der Waals surface area (Å²) in [5, 5.41) is 2.86. The molecule has 0 spiro atoms. The van der Waals surface area contributed by atoms with Gasteiger partial charge < -0.3 is 24.1 Å². The Morgan fingerprint density at radius 1 is 1.14 bits per heavy atom. The second kappa shape index (κ2) is 9.90. The highest BCUT2D eigenvalue weighted by atomic mass is 32.2. The molecule has 1 N–H and O–H groups in total. The van der Waals surface area contributed by atoms with Gasteiger partial charge in [0, 0.05) is 42.8 Å². The summed E-state index contributed by atoms with van der Waals surface area (Å²) in [5.41, 5.74) is 1.66. The molecule has 190 valence electrons. The summed E-state index contributed by atoms with van der Waals surface area (Å²) in [6, 6.07) is 5.12. The predicted octanol–water partition coefficient (Wildman–Crippen LogP) is 3.07. The molecule has 1 atom stereocenters. The van der Waals surface area contributed by atoms with Crippen molar-refractivity contribution in [2.24, 2.45) is 5.92 Å². The fourth-order valence-electron chi connectivity index (χ4n) is 4.81. The molecule has 10 nitrogen and oxygen atoms in total. The van der Waals surface area contributed by atoms with Crippen LogP contribution < -0.4 is 14.8 Å². The minimum Gasteiger partial charge on any atom is -0.462 e. The molecular formula is C24H31N3O7S. The molecule has 0 saturated carbocycles. The van der Waals surface area contributed by atoms with Crippen LogP contribution in [0.5, 0.6) is 11.5 Å². The van der Waals surface area contributed by atoms with Crippen LogP contribution in [-0.2, 0) is 26.1 Å². The molecule has 35 heavy (non-hydrogen) atoms. The van der Waals surface area contributed by atoms with Crippen molar-refractivity contribution < 1.29 is 32.2 Å². The van der Waals surface area contributed by atoms with Crippen LogP contribution in [0.15, 0.2) is 23.1 Å². The highest BCUT2D eigenvalue weighted by Gasteiger charge is 2.39. The van der Waals surface area contributed by atoms with Gasteiger partial charge in [0.25, 0.3) is 0 Å². The molecule has 2 aromatic rings. The molecule has 11 heteroatoms. The van der Waals surface area contributed by atoms with Crippen LogP contribution in [0, 0.1) is 19.8 Å². The number of nitrogens with one attached hydrogen (secondary N) is 1. The first-order chi connectivity index (χ1) is 16.7. The Balaban J connectivity index is 1.58. The average Bonchev–Trinajstić information content (AvgIpc) is 3.40. The molecule has 0 bridgehead atoms. The zero-order valence-electron chi connectivity index (χ0n) is 20.4. The van der Waals surface area contributed by atoms with Gasteiger partial charge in [0.1, 0.15) is 10.5 Å². The SMILES string of the molecule is CCOC(=O)c1c(S(=O)(=O)N2CCC[C@H](C(=O)Nc3ccc4c(c3)OCO4)C2)c(C)n(CC)c1C. The Kier molecular flexibility index (Phi) is 7.09. The molecule has 1 amide bonds. The number of hydrogen-bond acceptors (Lipinski definition) is 7. The van der Waals surface area contributed by atoms with E-state index in [1.807, 2.05) is 6.92 Å². The van der Waals surface area contributed by atoms with Gasteiger partial charge in [0.15, 0.2) is 11.5 Å². The molecule has 3 heterocycles. The van der Waals surface area contributed by atoms with Crippen molar-refractivity contribution in [3.8, 4) is 11.5 Å². The molecule has 1 aromatic heterocycles. The molecule has 1 saturated heterocycles. The largest absolute Gasteiger partial charge is 0.462 e. The number of aromatic nitrogens is 1. The van der Waals surface area contributed by atoms with Crippen molar-refractivity contribution in [3.05, 3.63) is 35.2 Å². The Morgan fingerprint density at radius 2 is 1.89 bits per heavy atom. The van der Waals surface area contributed by atoms with Crippen molar-refractivity contribution >= 4 is 27.6 Å². The Bertz CT molecular complexity index is 1250. The zero-order chi connectivity index (χ0) is 25.3. The lowest BCUT2D eigenvalue weighted by Gasteiger charge is -2.31. The third kappa shape index (κ3) is 4.62. The van der Waals surface area contributed by atoms with E-state index < -0.39 is 21.9 Å². The van der Waals surface area contributed by atoms with Gasteiger partial charge in [-0.15, -0.1) is 0 Å². The Labute approximate surface area is 205 Å². The minimum atomic E-state index is -4.05. The maximum absolute atomic E-state index is 13.8. The van der Waals surface area contributed by atoms with Crippen molar-refractivity contribution in [2.75, 3.05) is 31.8 Å². The first kappa shape index (κ1) is 25.1. The summed E-state index contributed by atoms with van der Waals surface area (Å²) in [7, 11) is -4.05.